The summed E-state index contributed by atoms with van der Waals surface area (Å²) in [5.74, 6) is 0.170. The molecule has 0 saturated carbocycles. The molecule has 0 aliphatic carbocycles. The van der Waals surface area contributed by atoms with Gasteiger partial charge in [0.05, 0.1) is 0 Å². The molecular formula is C16H35N3O. The van der Waals surface area contributed by atoms with E-state index in [9.17, 15) is 4.79 Å². The van der Waals surface area contributed by atoms with E-state index in [0.29, 0.717) is 0 Å². The minimum absolute atomic E-state index is 0.170. The summed E-state index contributed by atoms with van der Waals surface area (Å²) in [6, 6.07) is 0. The summed E-state index contributed by atoms with van der Waals surface area (Å²) >= 11 is 0. The summed E-state index contributed by atoms with van der Waals surface area (Å²) < 4.78 is 0. The third kappa shape index (κ3) is 10.2. The molecule has 0 aromatic carbocycles. The fourth-order valence-electron chi connectivity index (χ4n) is 1.81. The van der Waals surface area contributed by atoms with Crippen molar-refractivity contribution in [3.63, 3.8) is 0 Å². The maximum absolute atomic E-state index is 12.2. The predicted octanol–water partition coefficient (Wildman–Crippen LogP) is 2.28. The van der Waals surface area contributed by atoms with Gasteiger partial charge in [0, 0.05) is 12.0 Å². The van der Waals surface area contributed by atoms with E-state index in [1.54, 1.807) is 0 Å². The molecule has 0 atom stereocenters. The fraction of sp³-hybridized carbons (Fsp3) is 0.938. The molecule has 0 fully saturated rings. The van der Waals surface area contributed by atoms with Crippen LogP contribution < -0.4 is 16.4 Å². The molecule has 20 heavy (non-hydrogen) atoms. The molecular weight excluding hydrogens is 250 g/mol. The van der Waals surface area contributed by atoms with Gasteiger partial charge in [0.25, 0.3) is 0 Å². The first-order valence-corrected chi connectivity index (χ1v) is 7.88. The topological polar surface area (TPSA) is 67.2 Å². The molecule has 0 heterocycles. The van der Waals surface area contributed by atoms with Crippen molar-refractivity contribution in [2.45, 2.75) is 60.3 Å². The second-order valence-corrected chi connectivity index (χ2v) is 7.45. The van der Waals surface area contributed by atoms with Crippen molar-refractivity contribution < 1.29 is 4.79 Å². The van der Waals surface area contributed by atoms with Crippen LogP contribution in [0.2, 0.25) is 0 Å². The molecule has 0 bridgehead atoms. The molecule has 4 nitrogen and oxygen atoms in total. The number of nitrogens with one attached hydrogen (secondary N) is 2. The van der Waals surface area contributed by atoms with Crippen LogP contribution in [0, 0.1) is 10.8 Å². The molecule has 4 heteroatoms. The van der Waals surface area contributed by atoms with Gasteiger partial charge < -0.3 is 16.4 Å². The van der Waals surface area contributed by atoms with Gasteiger partial charge in [0.15, 0.2) is 0 Å². The molecule has 0 saturated heterocycles. The van der Waals surface area contributed by atoms with Crippen molar-refractivity contribution in [3.05, 3.63) is 0 Å². The molecule has 0 spiro atoms. The Bertz CT molecular complexity index is 269. The van der Waals surface area contributed by atoms with Crippen LogP contribution in [0.1, 0.15) is 60.3 Å². The smallest absolute Gasteiger partial charge is 0.225 e. The lowest BCUT2D eigenvalue weighted by Crippen LogP contribution is -2.38. The number of carbonyl (C=O) groups excluding carboxylic acids is 1. The number of carbonyl (C=O) groups is 1. The van der Waals surface area contributed by atoms with Crippen molar-refractivity contribution in [1.82, 2.24) is 10.6 Å². The molecule has 0 unspecified atom stereocenters. The lowest BCUT2D eigenvalue weighted by molar-refractivity contribution is -0.129. The van der Waals surface area contributed by atoms with Gasteiger partial charge in [-0.15, -0.1) is 0 Å². The van der Waals surface area contributed by atoms with Gasteiger partial charge in [-0.05, 0) is 50.7 Å². The quantitative estimate of drug-likeness (QED) is 0.539. The highest BCUT2D eigenvalue weighted by atomic mass is 16.2. The minimum atomic E-state index is -0.278. The van der Waals surface area contributed by atoms with Gasteiger partial charge in [-0.25, -0.2) is 0 Å². The summed E-state index contributed by atoms with van der Waals surface area (Å²) in [5.41, 5.74) is 5.42. The monoisotopic (exact) mass is 285 g/mol. The highest BCUT2D eigenvalue weighted by Gasteiger charge is 2.28. The fourth-order valence-corrected chi connectivity index (χ4v) is 1.81. The van der Waals surface area contributed by atoms with Crippen molar-refractivity contribution in [1.29, 1.82) is 0 Å². The standard InChI is InChI=1S/C16H35N3O/c1-15(2,3)8-9-16(4,5)14(20)19-13-7-12-18-11-6-10-17/h18H,6-13,17H2,1-5H3,(H,19,20). The number of rotatable bonds is 10. The van der Waals surface area contributed by atoms with Gasteiger partial charge in [-0.3, -0.25) is 4.79 Å². The van der Waals surface area contributed by atoms with Crippen molar-refractivity contribution in [2.75, 3.05) is 26.2 Å². The zero-order valence-corrected chi connectivity index (χ0v) is 14.1. The first kappa shape index (κ1) is 19.4. The molecule has 0 aliphatic heterocycles. The minimum Gasteiger partial charge on any atom is -0.356 e. The van der Waals surface area contributed by atoms with E-state index in [-0.39, 0.29) is 16.7 Å². The second kappa shape index (κ2) is 9.35. The van der Waals surface area contributed by atoms with Gasteiger partial charge in [0.2, 0.25) is 5.91 Å². The maximum Gasteiger partial charge on any atom is 0.225 e. The van der Waals surface area contributed by atoms with Crippen LogP contribution in [0.25, 0.3) is 0 Å². The summed E-state index contributed by atoms with van der Waals surface area (Å²) in [7, 11) is 0. The molecule has 0 aromatic rings. The lowest BCUT2D eigenvalue weighted by atomic mass is 9.79. The molecule has 120 valence electrons. The van der Waals surface area contributed by atoms with Crippen molar-refractivity contribution >= 4 is 5.91 Å². The van der Waals surface area contributed by atoms with Crippen LogP contribution in [-0.2, 0) is 4.79 Å². The van der Waals surface area contributed by atoms with Crippen LogP contribution >= 0.6 is 0 Å². The Morgan fingerprint density at radius 1 is 0.950 bits per heavy atom. The van der Waals surface area contributed by atoms with Crippen LogP contribution in [0.15, 0.2) is 0 Å². The summed E-state index contributed by atoms with van der Waals surface area (Å²) in [6.45, 7) is 14.1. The number of nitrogens with two attached hydrogens (primary N) is 1. The largest absolute Gasteiger partial charge is 0.356 e. The van der Waals surface area contributed by atoms with E-state index in [2.05, 4.69) is 31.4 Å². The Hall–Kier alpha value is -0.610. The third-order valence-electron chi connectivity index (χ3n) is 3.49. The van der Waals surface area contributed by atoms with Gasteiger partial charge in [-0.1, -0.05) is 34.6 Å². The zero-order valence-electron chi connectivity index (χ0n) is 14.1. The van der Waals surface area contributed by atoms with E-state index < -0.39 is 0 Å². The van der Waals surface area contributed by atoms with Crippen molar-refractivity contribution in [2.24, 2.45) is 16.6 Å². The maximum atomic E-state index is 12.2. The normalized spacial score (nSPS) is 12.5. The van der Waals surface area contributed by atoms with E-state index in [1.165, 1.54) is 0 Å². The third-order valence-corrected chi connectivity index (χ3v) is 3.49. The Balaban J connectivity index is 3.78. The Morgan fingerprint density at radius 3 is 2.10 bits per heavy atom. The summed E-state index contributed by atoms with van der Waals surface area (Å²) in [5, 5.41) is 6.36. The predicted molar refractivity (Wildman–Crippen MR) is 86.6 cm³/mol. The molecule has 0 aliphatic rings. The van der Waals surface area contributed by atoms with Crippen molar-refractivity contribution in [3.8, 4) is 0 Å². The Kier molecular flexibility index (Phi) is 9.06. The Labute approximate surface area is 125 Å². The molecule has 4 N–H and O–H groups in total. The Morgan fingerprint density at radius 2 is 1.55 bits per heavy atom. The second-order valence-electron chi connectivity index (χ2n) is 7.45. The average Bonchev–Trinajstić information content (AvgIpc) is 2.34. The first-order chi connectivity index (χ1) is 9.19. The van der Waals surface area contributed by atoms with Gasteiger partial charge in [0.1, 0.15) is 0 Å². The highest BCUT2D eigenvalue weighted by molar-refractivity contribution is 5.81. The van der Waals surface area contributed by atoms with E-state index >= 15 is 0 Å². The number of amides is 1. The molecule has 0 rings (SSSR count). The van der Waals surface area contributed by atoms with E-state index in [0.717, 1.165) is 51.9 Å². The number of hydrogen-bond acceptors (Lipinski definition) is 3. The summed E-state index contributed by atoms with van der Waals surface area (Å²) in [6.07, 6.45) is 3.96. The first-order valence-electron chi connectivity index (χ1n) is 7.88. The summed E-state index contributed by atoms with van der Waals surface area (Å²) in [4.78, 5) is 12.2. The van der Waals surface area contributed by atoms with Crippen LogP contribution in [-0.4, -0.2) is 32.1 Å². The number of hydrogen-bond donors (Lipinski definition) is 3. The van der Waals surface area contributed by atoms with E-state index in [1.807, 2.05) is 13.8 Å². The SMILES string of the molecule is CC(C)(C)CCC(C)(C)C(=O)NCCCNCCCN. The highest BCUT2D eigenvalue weighted by Crippen LogP contribution is 2.30. The lowest BCUT2D eigenvalue weighted by Gasteiger charge is -2.28. The molecule has 1 amide bonds. The van der Waals surface area contributed by atoms with Crippen LogP contribution in [0.4, 0.5) is 0 Å². The van der Waals surface area contributed by atoms with Gasteiger partial charge in [-0.2, -0.15) is 0 Å². The zero-order chi connectivity index (χ0) is 15.6. The molecule has 0 radical (unpaired) electrons. The average molecular weight is 285 g/mol. The molecule has 0 aromatic heterocycles. The van der Waals surface area contributed by atoms with Crippen LogP contribution in [0.5, 0.6) is 0 Å². The van der Waals surface area contributed by atoms with Gasteiger partial charge >= 0.3 is 0 Å². The van der Waals surface area contributed by atoms with Crippen LogP contribution in [0.3, 0.4) is 0 Å². The van der Waals surface area contributed by atoms with E-state index in [4.69, 9.17) is 5.73 Å².